The van der Waals surface area contributed by atoms with Crippen molar-refractivity contribution in [3.8, 4) is 0 Å². The topological polar surface area (TPSA) is 49.2 Å². The number of halogens is 3. The van der Waals surface area contributed by atoms with Gasteiger partial charge in [0.15, 0.2) is 6.17 Å². The van der Waals surface area contributed by atoms with E-state index in [1.54, 1.807) is 44.2 Å². The second-order valence-electron chi connectivity index (χ2n) is 7.35. The Morgan fingerprint density at radius 3 is 2.21 bits per heavy atom. The molecule has 0 unspecified atom stereocenters. The fourth-order valence-electron chi connectivity index (χ4n) is 3.56. The van der Waals surface area contributed by atoms with Gasteiger partial charge in [0.25, 0.3) is 11.9 Å². The van der Waals surface area contributed by atoms with E-state index in [-0.39, 0.29) is 30.0 Å². The molecule has 1 aliphatic heterocycles. The molecule has 1 amide bonds. The number of benzene rings is 2. The van der Waals surface area contributed by atoms with Crippen LogP contribution in [-0.2, 0) is 4.79 Å². The molecule has 148 valence electrons. The summed E-state index contributed by atoms with van der Waals surface area (Å²) in [5.41, 5.74) is 0.786. The molecule has 3 atom stereocenters. The highest BCUT2D eigenvalue weighted by molar-refractivity contribution is 5.81. The van der Waals surface area contributed by atoms with Gasteiger partial charge in [0.2, 0.25) is 6.54 Å². The van der Waals surface area contributed by atoms with E-state index in [0.29, 0.717) is 10.3 Å². The minimum Gasteiger partial charge on any atom is -0.339 e. The second kappa shape index (κ2) is 8.12. The number of nitrogens with one attached hydrogen (secondary N) is 1. The van der Waals surface area contributed by atoms with Crippen molar-refractivity contribution in [3.63, 3.8) is 0 Å². The Bertz CT molecular complexity index is 863. The number of carbonyl (C=O) groups excluding carboxylic acids is 1. The molecule has 2 aromatic rings. The SMILES string of the molecule is CC(C)c1c(F)cc([C@@H](NC(=O)[C@@H]2C[C@@H](F)C[N+]2=O)c2ccccc2)cc1F. The van der Waals surface area contributed by atoms with Crippen LogP contribution in [0.5, 0.6) is 0 Å². The highest BCUT2D eigenvalue weighted by Gasteiger charge is 2.45. The van der Waals surface area contributed by atoms with Crippen LogP contribution in [0.1, 0.15) is 48.9 Å². The van der Waals surface area contributed by atoms with Crippen LogP contribution in [0.3, 0.4) is 0 Å². The Labute approximate surface area is 161 Å². The summed E-state index contributed by atoms with van der Waals surface area (Å²) < 4.78 is 42.9. The lowest BCUT2D eigenvalue weighted by Gasteiger charge is -2.21. The molecule has 0 saturated carbocycles. The second-order valence-corrected chi connectivity index (χ2v) is 7.35. The molecule has 3 rings (SSSR count). The van der Waals surface area contributed by atoms with Crippen LogP contribution in [-0.4, -0.2) is 29.4 Å². The number of nitrogens with zero attached hydrogens (tertiary/aromatic N) is 1. The molecule has 0 radical (unpaired) electrons. The molecule has 28 heavy (non-hydrogen) atoms. The maximum Gasteiger partial charge on any atom is 0.294 e. The summed E-state index contributed by atoms with van der Waals surface area (Å²) in [6.45, 7) is 3.02. The van der Waals surface area contributed by atoms with Gasteiger partial charge in [-0.05, 0) is 29.2 Å². The highest BCUT2D eigenvalue weighted by Crippen LogP contribution is 2.29. The molecular weight excluding hydrogens is 369 g/mol. The first-order valence-electron chi connectivity index (χ1n) is 9.20. The number of alkyl halides is 1. The Morgan fingerprint density at radius 2 is 1.71 bits per heavy atom. The maximum atomic E-state index is 14.5. The first-order valence-corrected chi connectivity index (χ1v) is 9.20. The van der Waals surface area contributed by atoms with Crippen LogP contribution in [0.2, 0.25) is 0 Å². The monoisotopic (exact) mass is 391 g/mol. The van der Waals surface area contributed by atoms with E-state index in [0.717, 1.165) is 0 Å². The third kappa shape index (κ3) is 4.08. The van der Waals surface area contributed by atoms with Gasteiger partial charge >= 0.3 is 0 Å². The zero-order valence-electron chi connectivity index (χ0n) is 15.7. The van der Waals surface area contributed by atoms with Crippen molar-refractivity contribution < 1.29 is 22.7 Å². The number of amides is 1. The highest BCUT2D eigenvalue weighted by atomic mass is 19.1. The Hall–Kier alpha value is -2.70. The first-order chi connectivity index (χ1) is 13.3. The van der Waals surface area contributed by atoms with Gasteiger partial charge in [-0.3, -0.25) is 4.79 Å². The Kier molecular flexibility index (Phi) is 5.82. The van der Waals surface area contributed by atoms with Gasteiger partial charge in [-0.2, -0.15) is 0 Å². The van der Waals surface area contributed by atoms with Gasteiger partial charge in [0.05, 0.1) is 12.5 Å². The summed E-state index contributed by atoms with van der Waals surface area (Å²) >= 11 is 0. The van der Waals surface area contributed by atoms with Crippen LogP contribution >= 0.6 is 0 Å². The average Bonchev–Trinajstić information content (AvgIpc) is 2.97. The van der Waals surface area contributed by atoms with E-state index < -0.39 is 35.8 Å². The van der Waals surface area contributed by atoms with Gasteiger partial charge in [-0.25, -0.2) is 13.2 Å². The van der Waals surface area contributed by atoms with E-state index >= 15 is 0 Å². The van der Waals surface area contributed by atoms with Gasteiger partial charge in [0, 0.05) is 15.2 Å². The fourth-order valence-corrected chi connectivity index (χ4v) is 3.56. The lowest BCUT2D eigenvalue weighted by Crippen LogP contribution is -2.40. The summed E-state index contributed by atoms with van der Waals surface area (Å²) in [5.74, 6) is -2.41. The molecule has 0 spiro atoms. The van der Waals surface area contributed by atoms with Crippen molar-refractivity contribution in [3.05, 3.63) is 75.7 Å². The third-order valence-electron chi connectivity index (χ3n) is 4.94. The molecule has 1 aliphatic rings. The molecule has 2 aromatic carbocycles. The van der Waals surface area contributed by atoms with Crippen LogP contribution in [0.4, 0.5) is 13.2 Å². The number of hydrogen-bond donors (Lipinski definition) is 1. The van der Waals surface area contributed by atoms with Gasteiger partial charge in [0.1, 0.15) is 11.6 Å². The van der Waals surface area contributed by atoms with Gasteiger partial charge in [-0.1, -0.05) is 44.2 Å². The molecule has 0 bridgehead atoms. The summed E-state index contributed by atoms with van der Waals surface area (Å²) in [4.78, 5) is 24.4. The van der Waals surface area contributed by atoms with Crippen LogP contribution in [0.15, 0.2) is 42.5 Å². The number of carbonyl (C=O) groups is 1. The number of rotatable bonds is 5. The minimum atomic E-state index is -1.37. The van der Waals surface area contributed by atoms with Gasteiger partial charge < -0.3 is 5.32 Å². The lowest BCUT2D eigenvalue weighted by atomic mass is 9.94. The van der Waals surface area contributed by atoms with Gasteiger partial charge in [-0.15, -0.1) is 0 Å². The molecule has 1 N–H and O–H groups in total. The van der Waals surface area contributed by atoms with Crippen LogP contribution < -0.4 is 5.32 Å². The molecule has 0 aliphatic carbocycles. The zero-order valence-corrected chi connectivity index (χ0v) is 15.7. The van der Waals surface area contributed by atoms with E-state index in [4.69, 9.17) is 0 Å². The first kappa shape index (κ1) is 20.0. The van der Waals surface area contributed by atoms with Crippen LogP contribution in [0.25, 0.3) is 0 Å². The maximum absolute atomic E-state index is 14.5. The summed E-state index contributed by atoms with van der Waals surface area (Å²) in [5, 5.41) is 2.67. The largest absolute Gasteiger partial charge is 0.339 e. The predicted octanol–water partition coefficient (Wildman–Crippen LogP) is 4.18. The molecule has 1 saturated heterocycles. The normalized spacial score (nSPS) is 20.4. The molecule has 7 heteroatoms. The Morgan fingerprint density at radius 1 is 1.11 bits per heavy atom. The van der Waals surface area contributed by atoms with E-state index in [1.165, 1.54) is 12.1 Å². The zero-order chi connectivity index (χ0) is 20.4. The summed E-state index contributed by atoms with van der Waals surface area (Å²) in [6.07, 6.45) is -1.57. The van der Waals surface area contributed by atoms with Crippen LogP contribution in [0, 0.1) is 16.5 Å². The number of nitroso groups, excluding NO2 is 1. The van der Waals surface area contributed by atoms with E-state index in [9.17, 15) is 22.9 Å². The van der Waals surface area contributed by atoms with Crippen molar-refractivity contribution in [2.45, 2.75) is 44.4 Å². The van der Waals surface area contributed by atoms with E-state index in [1.807, 2.05) is 0 Å². The van der Waals surface area contributed by atoms with Crippen molar-refractivity contribution in [1.82, 2.24) is 5.32 Å². The average molecular weight is 391 g/mol. The fraction of sp³-hybridized carbons (Fsp3) is 0.381. The van der Waals surface area contributed by atoms with Crippen molar-refractivity contribution >= 4 is 5.91 Å². The smallest absolute Gasteiger partial charge is 0.294 e. The molecular formula is C21H22F3N2O2+. The minimum absolute atomic E-state index is 0.0244. The lowest BCUT2D eigenvalue weighted by molar-refractivity contribution is -0.553. The molecule has 1 heterocycles. The molecule has 1 fully saturated rings. The Balaban J connectivity index is 1.97. The van der Waals surface area contributed by atoms with Crippen molar-refractivity contribution in [1.29, 1.82) is 0 Å². The predicted molar refractivity (Wildman–Crippen MR) is 98.7 cm³/mol. The summed E-state index contributed by atoms with van der Waals surface area (Å²) in [6, 6.07) is 9.01. The number of hydrogen-bond acceptors (Lipinski definition) is 2. The quantitative estimate of drug-likeness (QED) is 0.778. The standard InChI is InChI=1S/C21H21F3N2O2/c1-12(2)19-16(23)8-14(9-17(19)24)20(13-6-4-3-5-7-13)25-21(27)18-10-15(22)11-26(18)28/h3-9,12,15,18,20H,10-11H2,1-2H3/p+1/t15-,18+,20+/m1/s1. The molecule has 4 nitrogen and oxygen atoms in total. The summed E-state index contributed by atoms with van der Waals surface area (Å²) in [7, 11) is 0. The third-order valence-corrected chi connectivity index (χ3v) is 4.94. The van der Waals surface area contributed by atoms with Crippen molar-refractivity contribution in [2.24, 2.45) is 0 Å². The molecule has 0 aromatic heterocycles. The van der Waals surface area contributed by atoms with E-state index in [2.05, 4.69) is 5.32 Å². The van der Waals surface area contributed by atoms with Crippen molar-refractivity contribution in [2.75, 3.05) is 6.54 Å².